The Morgan fingerprint density at radius 2 is 1.82 bits per heavy atom. The van der Waals surface area contributed by atoms with E-state index in [9.17, 15) is 15.0 Å². The number of anilines is 2. The van der Waals surface area contributed by atoms with Gasteiger partial charge in [-0.3, -0.25) is 4.98 Å². The van der Waals surface area contributed by atoms with E-state index in [1.807, 2.05) is 24.3 Å². The van der Waals surface area contributed by atoms with Crippen LogP contribution in [0.3, 0.4) is 0 Å². The maximum absolute atomic E-state index is 11.5. The fraction of sp³-hybridized carbons (Fsp3) is 0.200. The van der Waals surface area contributed by atoms with Gasteiger partial charge < -0.3 is 20.4 Å². The van der Waals surface area contributed by atoms with Crippen LogP contribution in [0.1, 0.15) is 27.3 Å². The highest BCUT2D eigenvalue weighted by Gasteiger charge is 2.25. The van der Waals surface area contributed by atoms with E-state index >= 15 is 0 Å². The molecule has 6 rings (SSSR count). The summed E-state index contributed by atoms with van der Waals surface area (Å²) in [6.45, 7) is 5.02. The molecule has 5 aromatic rings. The first-order chi connectivity index (χ1) is 18.9. The molecule has 3 N–H and O–H groups in total. The smallest absolute Gasteiger partial charge is 0.407 e. The molecule has 0 aliphatic carbocycles. The summed E-state index contributed by atoms with van der Waals surface area (Å²) in [7, 11) is 0. The fourth-order valence-corrected chi connectivity index (χ4v) is 6.31. The zero-order valence-electron chi connectivity index (χ0n) is 21.6. The fourth-order valence-electron chi connectivity index (χ4n) is 5.11. The van der Waals surface area contributed by atoms with E-state index in [0.29, 0.717) is 25.3 Å². The third-order valence-corrected chi connectivity index (χ3v) is 8.40. The highest BCUT2D eigenvalue weighted by molar-refractivity contribution is 7.15. The predicted molar refractivity (Wildman–Crippen MR) is 153 cm³/mol. The molecule has 9 heteroatoms. The lowest BCUT2D eigenvalue weighted by atomic mass is 9.93. The number of hydrogen-bond donors (Lipinski definition) is 3. The van der Waals surface area contributed by atoms with Crippen molar-refractivity contribution < 1.29 is 15.0 Å². The standard InChI is InChI=1S/C30H27N5O3S/c1-17-21(5-3-7-23(17)29-34-25-10-12-35(30(37)38)15-26(25)39-29)22-6-4-8-24(18(22)2)33-28-27-20(9-11-31-28)13-19(16-36)14-32-27/h3-9,11,13-14,36H,10,12,15-16H2,1-2H3,(H,31,33)(H,37,38). The van der Waals surface area contributed by atoms with E-state index in [2.05, 4.69) is 53.4 Å². The topological polar surface area (TPSA) is 111 Å². The van der Waals surface area contributed by atoms with Crippen molar-refractivity contribution in [2.24, 2.45) is 0 Å². The van der Waals surface area contributed by atoms with Crippen LogP contribution in [0.5, 0.6) is 0 Å². The van der Waals surface area contributed by atoms with Crippen LogP contribution in [0.4, 0.5) is 16.3 Å². The highest BCUT2D eigenvalue weighted by atomic mass is 32.1. The van der Waals surface area contributed by atoms with Gasteiger partial charge in [0, 0.05) is 46.9 Å². The van der Waals surface area contributed by atoms with Crippen molar-refractivity contribution in [3.8, 4) is 21.7 Å². The minimum absolute atomic E-state index is 0.0576. The Balaban J connectivity index is 1.35. The number of carbonyl (C=O) groups is 1. The van der Waals surface area contributed by atoms with Crippen LogP contribution in [0.15, 0.2) is 60.9 Å². The zero-order valence-corrected chi connectivity index (χ0v) is 22.4. The van der Waals surface area contributed by atoms with E-state index < -0.39 is 6.09 Å². The highest BCUT2D eigenvalue weighted by Crippen LogP contribution is 2.39. The van der Waals surface area contributed by atoms with Crippen molar-refractivity contribution in [2.75, 3.05) is 11.9 Å². The van der Waals surface area contributed by atoms with Gasteiger partial charge in [0.05, 0.1) is 18.8 Å². The monoisotopic (exact) mass is 537 g/mol. The maximum atomic E-state index is 11.5. The van der Waals surface area contributed by atoms with Crippen molar-refractivity contribution in [1.82, 2.24) is 19.9 Å². The summed E-state index contributed by atoms with van der Waals surface area (Å²) in [5.74, 6) is 0.659. The summed E-state index contributed by atoms with van der Waals surface area (Å²) in [6.07, 6.45) is 3.16. The average Bonchev–Trinajstić information content (AvgIpc) is 3.37. The van der Waals surface area contributed by atoms with Gasteiger partial charge in [0.1, 0.15) is 10.5 Å². The Morgan fingerprint density at radius 1 is 1.05 bits per heavy atom. The molecule has 196 valence electrons. The van der Waals surface area contributed by atoms with Crippen molar-refractivity contribution in [3.63, 3.8) is 0 Å². The van der Waals surface area contributed by atoms with Crippen LogP contribution in [0.25, 0.3) is 32.6 Å². The molecule has 0 atom stereocenters. The second-order valence-electron chi connectivity index (χ2n) is 9.66. The molecule has 0 unspecified atom stereocenters. The quantitative estimate of drug-likeness (QED) is 0.241. The average molecular weight is 538 g/mol. The van der Waals surface area contributed by atoms with Gasteiger partial charge in [-0.1, -0.05) is 30.3 Å². The lowest BCUT2D eigenvalue weighted by Crippen LogP contribution is -2.34. The molecule has 0 spiro atoms. The Morgan fingerprint density at radius 3 is 2.62 bits per heavy atom. The van der Waals surface area contributed by atoms with Crippen molar-refractivity contribution >= 4 is 39.8 Å². The van der Waals surface area contributed by atoms with Gasteiger partial charge in [-0.2, -0.15) is 0 Å². The summed E-state index contributed by atoms with van der Waals surface area (Å²) < 4.78 is 0. The van der Waals surface area contributed by atoms with Gasteiger partial charge in [-0.05, 0) is 59.9 Å². The Bertz CT molecular complexity index is 1730. The van der Waals surface area contributed by atoms with Gasteiger partial charge in [0.15, 0.2) is 5.82 Å². The first-order valence-corrected chi connectivity index (χ1v) is 13.5. The van der Waals surface area contributed by atoms with Crippen LogP contribution in [-0.4, -0.2) is 42.7 Å². The van der Waals surface area contributed by atoms with Gasteiger partial charge in [0.2, 0.25) is 0 Å². The molecule has 0 radical (unpaired) electrons. The van der Waals surface area contributed by atoms with E-state index in [4.69, 9.17) is 4.98 Å². The number of carboxylic acid groups (broad SMARTS) is 1. The first-order valence-electron chi connectivity index (χ1n) is 12.7. The number of thiazole rings is 1. The zero-order chi connectivity index (χ0) is 27.1. The van der Waals surface area contributed by atoms with Gasteiger partial charge >= 0.3 is 6.09 Å². The molecular weight excluding hydrogens is 510 g/mol. The van der Waals surface area contributed by atoms with Gasteiger partial charge in [-0.25, -0.2) is 14.8 Å². The molecule has 4 heterocycles. The summed E-state index contributed by atoms with van der Waals surface area (Å²) >= 11 is 1.58. The van der Waals surface area contributed by atoms with Crippen molar-refractivity contribution in [3.05, 3.63) is 88.2 Å². The minimum Gasteiger partial charge on any atom is -0.465 e. The molecule has 8 nitrogen and oxygen atoms in total. The molecule has 0 fully saturated rings. The summed E-state index contributed by atoms with van der Waals surface area (Å²) in [4.78, 5) is 27.9. The number of fused-ring (bicyclic) bond motifs is 2. The molecular formula is C30H27N5O3S. The van der Waals surface area contributed by atoms with Crippen molar-refractivity contribution in [2.45, 2.75) is 33.4 Å². The number of rotatable bonds is 5. The summed E-state index contributed by atoms with van der Waals surface area (Å²) in [5.41, 5.74) is 8.93. The second-order valence-corrected chi connectivity index (χ2v) is 10.7. The number of hydrogen-bond acceptors (Lipinski definition) is 7. The van der Waals surface area contributed by atoms with Gasteiger partial charge in [-0.15, -0.1) is 11.3 Å². The molecule has 0 saturated heterocycles. The molecule has 1 aliphatic rings. The minimum atomic E-state index is -0.887. The lowest BCUT2D eigenvalue weighted by Gasteiger charge is -2.22. The van der Waals surface area contributed by atoms with Crippen molar-refractivity contribution in [1.29, 1.82) is 0 Å². The molecule has 0 bridgehead atoms. The Hall–Kier alpha value is -4.34. The number of pyridine rings is 2. The molecule has 0 saturated carbocycles. The number of aliphatic hydroxyl groups excluding tert-OH is 1. The van der Waals surface area contributed by atoms with Gasteiger partial charge in [0.25, 0.3) is 0 Å². The van der Waals surface area contributed by atoms with E-state index in [0.717, 1.165) is 65.5 Å². The van der Waals surface area contributed by atoms with Crippen LogP contribution in [0.2, 0.25) is 0 Å². The number of nitrogens with one attached hydrogen (secondary N) is 1. The number of aromatic nitrogens is 3. The molecule has 1 aliphatic heterocycles. The van der Waals surface area contributed by atoms with Crippen LogP contribution in [0, 0.1) is 13.8 Å². The molecule has 3 aromatic heterocycles. The number of benzene rings is 2. The Kier molecular flexibility index (Phi) is 6.46. The van der Waals surface area contributed by atoms with E-state index in [1.165, 1.54) is 4.90 Å². The predicted octanol–water partition coefficient (Wildman–Crippen LogP) is 6.31. The van der Waals surface area contributed by atoms with E-state index in [1.54, 1.807) is 23.7 Å². The van der Waals surface area contributed by atoms with Crippen LogP contribution < -0.4 is 5.32 Å². The lowest BCUT2D eigenvalue weighted by molar-refractivity contribution is 0.140. The Labute approximate surface area is 229 Å². The van der Waals surface area contributed by atoms with Crippen LogP contribution in [-0.2, 0) is 19.6 Å². The maximum Gasteiger partial charge on any atom is 0.407 e. The largest absolute Gasteiger partial charge is 0.465 e. The van der Waals surface area contributed by atoms with Crippen LogP contribution >= 0.6 is 11.3 Å². The third-order valence-electron chi connectivity index (χ3n) is 7.28. The second kappa shape index (κ2) is 10.1. The third kappa shape index (κ3) is 4.60. The first kappa shape index (κ1) is 25.0. The number of aliphatic hydroxyl groups is 1. The van der Waals surface area contributed by atoms with E-state index in [-0.39, 0.29) is 6.61 Å². The normalized spacial score (nSPS) is 12.9. The number of amides is 1. The number of nitrogens with zero attached hydrogens (tertiary/aromatic N) is 4. The molecule has 2 aromatic carbocycles. The molecule has 39 heavy (non-hydrogen) atoms. The summed E-state index contributed by atoms with van der Waals surface area (Å²) in [6, 6.07) is 16.2. The SMILES string of the molecule is Cc1c(Nc2nccc3cc(CO)cnc23)cccc1-c1cccc(-c2nc3c(s2)CN(C(=O)O)CC3)c1C. The summed E-state index contributed by atoms with van der Waals surface area (Å²) in [5, 5.41) is 24.2. The molecule has 1 amide bonds.